The normalized spacial score (nSPS) is 33.3. The van der Waals surface area contributed by atoms with Crippen LogP contribution < -0.4 is 5.73 Å². The Morgan fingerprint density at radius 2 is 1.96 bits per heavy atom. The largest absolute Gasteiger partial charge is 0.391 e. The van der Waals surface area contributed by atoms with Gasteiger partial charge < -0.3 is 10.8 Å². The highest BCUT2D eigenvalue weighted by Gasteiger charge is 2.63. The van der Waals surface area contributed by atoms with E-state index in [1.54, 1.807) is 6.92 Å². The number of carbonyl (C=O) groups is 1. The van der Waals surface area contributed by atoms with Crippen molar-refractivity contribution in [3.8, 4) is 0 Å². The average molecular weight is 331 g/mol. The number of hydrogen-bond donors (Lipinski definition) is 2. The highest BCUT2D eigenvalue weighted by Crippen LogP contribution is 2.49. The van der Waals surface area contributed by atoms with Gasteiger partial charge in [-0.15, -0.1) is 0 Å². The Kier molecular flexibility index (Phi) is 4.69. The molecule has 3 N–H and O–H groups in total. The molecular weight excluding hydrogens is 302 g/mol. The number of benzene rings is 1. The molecule has 5 heteroatoms. The minimum absolute atomic E-state index is 0.0679. The maximum Gasteiger partial charge on any atom is 0.237 e. The molecule has 1 amide bonds. The van der Waals surface area contributed by atoms with Crippen LogP contribution in [-0.2, 0) is 11.3 Å². The number of likely N-dealkylation sites (tertiary alicyclic amines) is 2. The molecule has 0 aliphatic carbocycles. The van der Waals surface area contributed by atoms with Crippen LogP contribution in [0.25, 0.3) is 0 Å². The van der Waals surface area contributed by atoms with E-state index in [4.69, 9.17) is 5.73 Å². The third-order valence-electron chi connectivity index (χ3n) is 6.22. The number of carbonyl (C=O) groups excluding carboxylic acids is 1. The van der Waals surface area contributed by atoms with Crippen molar-refractivity contribution in [1.82, 2.24) is 9.80 Å². The summed E-state index contributed by atoms with van der Waals surface area (Å²) < 4.78 is 0. The van der Waals surface area contributed by atoms with Crippen LogP contribution in [-0.4, -0.2) is 57.1 Å². The third kappa shape index (κ3) is 2.55. The van der Waals surface area contributed by atoms with Gasteiger partial charge in [-0.3, -0.25) is 14.6 Å². The number of aliphatic hydroxyl groups is 1. The molecule has 5 nitrogen and oxygen atoms in total. The van der Waals surface area contributed by atoms with Gasteiger partial charge in [0.2, 0.25) is 5.91 Å². The van der Waals surface area contributed by atoms with Crippen LogP contribution in [0.15, 0.2) is 30.3 Å². The van der Waals surface area contributed by atoms with E-state index in [9.17, 15) is 9.90 Å². The molecule has 24 heavy (non-hydrogen) atoms. The number of hydrogen-bond acceptors (Lipinski definition) is 4. The van der Waals surface area contributed by atoms with Crippen molar-refractivity contribution in [1.29, 1.82) is 0 Å². The number of amides is 1. The Balaban J connectivity index is 1.81. The number of aliphatic hydroxyl groups excluding tert-OH is 1. The zero-order valence-corrected chi connectivity index (χ0v) is 14.9. The van der Waals surface area contributed by atoms with Crippen LogP contribution in [0, 0.1) is 0 Å². The first-order chi connectivity index (χ1) is 11.4. The third-order valence-corrected chi connectivity index (χ3v) is 6.22. The predicted molar refractivity (Wildman–Crippen MR) is 94.2 cm³/mol. The van der Waals surface area contributed by atoms with Crippen LogP contribution in [0.4, 0.5) is 0 Å². The van der Waals surface area contributed by atoms with Crippen molar-refractivity contribution in [3.63, 3.8) is 0 Å². The summed E-state index contributed by atoms with van der Waals surface area (Å²) in [7, 11) is 0. The van der Waals surface area contributed by atoms with Gasteiger partial charge in [0.1, 0.15) is 6.04 Å². The van der Waals surface area contributed by atoms with Crippen molar-refractivity contribution >= 4 is 5.91 Å². The second kappa shape index (κ2) is 6.47. The fourth-order valence-electron chi connectivity index (χ4n) is 5.13. The highest BCUT2D eigenvalue weighted by molar-refractivity contribution is 5.81. The Hall–Kier alpha value is -1.43. The van der Waals surface area contributed by atoms with Gasteiger partial charge in [0.05, 0.1) is 11.6 Å². The summed E-state index contributed by atoms with van der Waals surface area (Å²) >= 11 is 0. The van der Waals surface area contributed by atoms with Gasteiger partial charge in [-0.2, -0.15) is 0 Å². The Labute approximate surface area is 144 Å². The monoisotopic (exact) mass is 331 g/mol. The lowest BCUT2D eigenvalue weighted by Gasteiger charge is -2.65. The van der Waals surface area contributed by atoms with Gasteiger partial charge in [0.25, 0.3) is 0 Å². The molecule has 2 saturated heterocycles. The van der Waals surface area contributed by atoms with E-state index < -0.39 is 18.1 Å². The van der Waals surface area contributed by atoms with E-state index in [0.29, 0.717) is 0 Å². The summed E-state index contributed by atoms with van der Waals surface area (Å²) in [6.45, 7) is 7.99. The maximum absolute atomic E-state index is 11.8. The smallest absolute Gasteiger partial charge is 0.237 e. The number of rotatable bonds is 5. The second-order valence-corrected chi connectivity index (χ2v) is 7.39. The van der Waals surface area contributed by atoms with Crippen LogP contribution in [0.2, 0.25) is 0 Å². The molecule has 2 aliphatic heterocycles. The Bertz CT molecular complexity index is 580. The van der Waals surface area contributed by atoms with Gasteiger partial charge in [-0.25, -0.2) is 0 Å². The van der Waals surface area contributed by atoms with Gasteiger partial charge in [0.15, 0.2) is 0 Å². The van der Waals surface area contributed by atoms with E-state index in [-0.39, 0.29) is 17.6 Å². The van der Waals surface area contributed by atoms with E-state index >= 15 is 0 Å². The zero-order chi connectivity index (χ0) is 17.5. The molecule has 4 atom stereocenters. The second-order valence-electron chi connectivity index (χ2n) is 7.39. The summed E-state index contributed by atoms with van der Waals surface area (Å²) in [5, 5.41) is 10.0. The molecule has 1 aromatic carbocycles. The van der Waals surface area contributed by atoms with Crippen molar-refractivity contribution in [2.75, 3.05) is 6.54 Å². The van der Waals surface area contributed by atoms with Crippen LogP contribution >= 0.6 is 0 Å². The SMILES string of the molecule is CC1N([C@H](C(N)=O)[C@@H](C)O)C(C)C12CCCN2Cc1ccccc1. The minimum Gasteiger partial charge on any atom is -0.391 e. The fourth-order valence-corrected chi connectivity index (χ4v) is 5.13. The van der Waals surface area contributed by atoms with Crippen molar-refractivity contribution in [3.05, 3.63) is 35.9 Å². The number of primary amides is 1. The molecule has 0 radical (unpaired) electrons. The zero-order valence-electron chi connectivity index (χ0n) is 14.9. The van der Waals surface area contributed by atoms with E-state index in [1.807, 2.05) is 6.07 Å². The molecular formula is C19H29N3O2. The molecule has 2 unspecified atom stereocenters. The van der Waals surface area contributed by atoms with Crippen molar-refractivity contribution < 1.29 is 9.90 Å². The van der Waals surface area contributed by atoms with E-state index in [0.717, 1.165) is 19.5 Å². The minimum atomic E-state index is -0.756. The summed E-state index contributed by atoms with van der Waals surface area (Å²) in [5.74, 6) is -0.439. The fraction of sp³-hybridized carbons (Fsp3) is 0.632. The molecule has 132 valence electrons. The van der Waals surface area contributed by atoms with Crippen LogP contribution in [0.3, 0.4) is 0 Å². The van der Waals surface area contributed by atoms with Gasteiger partial charge in [0, 0.05) is 18.6 Å². The summed E-state index contributed by atoms with van der Waals surface area (Å²) in [6.07, 6.45) is 1.55. The van der Waals surface area contributed by atoms with Crippen LogP contribution in [0.1, 0.15) is 39.2 Å². The Morgan fingerprint density at radius 3 is 2.50 bits per heavy atom. The molecule has 1 aromatic rings. The van der Waals surface area contributed by atoms with Gasteiger partial charge in [-0.05, 0) is 45.7 Å². The molecule has 0 bridgehead atoms. The lowest BCUT2D eigenvalue weighted by Crippen LogP contribution is -2.82. The Morgan fingerprint density at radius 1 is 1.33 bits per heavy atom. The number of nitrogens with two attached hydrogens (primary N) is 1. The quantitative estimate of drug-likeness (QED) is 0.854. The summed E-state index contributed by atoms with van der Waals surface area (Å²) in [6, 6.07) is 10.3. The predicted octanol–water partition coefficient (Wildman–Crippen LogP) is 1.35. The lowest BCUT2D eigenvalue weighted by atomic mass is 9.69. The first-order valence-corrected chi connectivity index (χ1v) is 8.93. The molecule has 0 aromatic heterocycles. The van der Waals surface area contributed by atoms with E-state index in [1.165, 1.54) is 12.0 Å². The molecule has 3 rings (SSSR count). The van der Waals surface area contributed by atoms with Crippen molar-refractivity contribution in [2.45, 2.75) is 69.9 Å². The van der Waals surface area contributed by atoms with Gasteiger partial charge in [-0.1, -0.05) is 30.3 Å². The summed E-state index contributed by atoms with van der Waals surface area (Å²) in [5.41, 5.74) is 6.95. The first kappa shape index (κ1) is 17.4. The molecule has 2 heterocycles. The molecule has 2 aliphatic rings. The maximum atomic E-state index is 11.8. The first-order valence-electron chi connectivity index (χ1n) is 8.93. The molecule has 0 saturated carbocycles. The van der Waals surface area contributed by atoms with Gasteiger partial charge >= 0.3 is 0 Å². The average Bonchev–Trinajstić information content (AvgIpc) is 2.98. The summed E-state index contributed by atoms with van der Waals surface area (Å²) in [4.78, 5) is 16.5. The van der Waals surface area contributed by atoms with Crippen molar-refractivity contribution in [2.24, 2.45) is 5.73 Å². The van der Waals surface area contributed by atoms with Crippen LogP contribution in [0.5, 0.6) is 0 Å². The topological polar surface area (TPSA) is 69.8 Å². The molecule has 2 fully saturated rings. The standard InChI is InChI=1S/C19H29N3O2/c1-13(23)17(18(20)24)22-14(2)19(15(22)3)10-7-11-21(19)12-16-8-5-4-6-9-16/h4-6,8-9,13-15,17,23H,7,10-12H2,1-3H3,(H2,20,24)/t13-,14?,15?,17+,19?/m1/s1. The van der Waals surface area contributed by atoms with E-state index in [2.05, 4.69) is 47.9 Å². The highest BCUT2D eigenvalue weighted by atomic mass is 16.3. The lowest BCUT2D eigenvalue weighted by molar-refractivity contribution is -0.177. The molecule has 1 spiro atoms. The number of nitrogens with zero attached hydrogens (tertiary/aromatic N) is 2.